The van der Waals surface area contributed by atoms with Gasteiger partial charge in [-0.3, -0.25) is 4.79 Å². The van der Waals surface area contributed by atoms with E-state index in [0.29, 0.717) is 5.69 Å². The summed E-state index contributed by atoms with van der Waals surface area (Å²) in [6.45, 7) is 9.54. The van der Waals surface area contributed by atoms with Crippen LogP contribution in [0.5, 0.6) is 0 Å². The summed E-state index contributed by atoms with van der Waals surface area (Å²) in [5.74, 6) is -0.871. The Kier molecular flexibility index (Phi) is 4.18. The van der Waals surface area contributed by atoms with Crippen LogP contribution in [0.15, 0.2) is 5.38 Å². The van der Waals surface area contributed by atoms with Crippen LogP contribution in [0, 0.1) is 5.41 Å². The summed E-state index contributed by atoms with van der Waals surface area (Å²) in [7, 11) is 1.65. The summed E-state index contributed by atoms with van der Waals surface area (Å²) >= 11 is 1.45. The van der Waals surface area contributed by atoms with Crippen molar-refractivity contribution in [2.75, 3.05) is 7.11 Å². The Morgan fingerprint density at radius 1 is 1.39 bits per heavy atom. The molecule has 1 aromatic rings. The van der Waals surface area contributed by atoms with Gasteiger partial charge in [-0.2, -0.15) is 0 Å². The molecule has 0 aliphatic carbocycles. The fraction of sp³-hybridized carbons (Fsp3) is 0.692. The van der Waals surface area contributed by atoms with Crippen molar-refractivity contribution in [1.29, 1.82) is 0 Å². The molecule has 0 saturated heterocycles. The normalized spacial score (nSPS) is 14.6. The van der Waals surface area contributed by atoms with Gasteiger partial charge < -0.3 is 9.84 Å². The fourth-order valence-corrected chi connectivity index (χ4v) is 2.93. The van der Waals surface area contributed by atoms with Gasteiger partial charge in [0.05, 0.1) is 5.69 Å². The van der Waals surface area contributed by atoms with Gasteiger partial charge in [0.2, 0.25) is 0 Å². The van der Waals surface area contributed by atoms with Crippen LogP contribution in [0.25, 0.3) is 0 Å². The molecule has 18 heavy (non-hydrogen) atoms. The minimum atomic E-state index is -0.967. The SMILES string of the molecule is COC(c1nc(C(C)(C)C(=O)O)cs1)C(C)(C)C. The van der Waals surface area contributed by atoms with E-state index in [9.17, 15) is 9.90 Å². The van der Waals surface area contributed by atoms with Crippen molar-refractivity contribution in [2.24, 2.45) is 5.41 Å². The summed E-state index contributed by atoms with van der Waals surface area (Å²) in [5, 5.41) is 11.8. The fourth-order valence-electron chi connectivity index (χ4n) is 1.63. The Labute approximate surface area is 112 Å². The van der Waals surface area contributed by atoms with Crippen LogP contribution < -0.4 is 0 Å². The summed E-state index contributed by atoms with van der Waals surface area (Å²) in [6, 6.07) is 0. The molecule has 5 heteroatoms. The molecule has 0 fully saturated rings. The first kappa shape index (κ1) is 15.1. The number of hydrogen-bond acceptors (Lipinski definition) is 4. The number of carboxylic acid groups (broad SMARTS) is 1. The zero-order chi connectivity index (χ0) is 14.1. The van der Waals surface area contributed by atoms with Crippen LogP contribution in [-0.4, -0.2) is 23.2 Å². The lowest BCUT2D eigenvalue weighted by Crippen LogP contribution is -2.29. The molecule has 1 unspecified atom stereocenters. The molecule has 0 radical (unpaired) electrons. The van der Waals surface area contributed by atoms with Gasteiger partial charge in [0.25, 0.3) is 0 Å². The Hall–Kier alpha value is -0.940. The maximum atomic E-state index is 11.2. The highest BCUT2D eigenvalue weighted by atomic mass is 32.1. The van der Waals surface area contributed by atoms with E-state index in [-0.39, 0.29) is 11.5 Å². The highest BCUT2D eigenvalue weighted by molar-refractivity contribution is 7.09. The monoisotopic (exact) mass is 271 g/mol. The Morgan fingerprint density at radius 2 is 1.94 bits per heavy atom. The van der Waals surface area contributed by atoms with E-state index < -0.39 is 11.4 Å². The smallest absolute Gasteiger partial charge is 0.315 e. The molecule has 0 saturated carbocycles. The summed E-state index contributed by atoms with van der Waals surface area (Å²) in [6.07, 6.45) is -0.124. The zero-order valence-corrected chi connectivity index (χ0v) is 12.6. The molecule has 0 aromatic carbocycles. The predicted molar refractivity (Wildman–Crippen MR) is 72.0 cm³/mol. The molecule has 1 atom stereocenters. The second kappa shape index (κ2) is 4.97. The molecular formula is C13H21NO3S. The van der Waals surface area contributed by atoms with Crippen LogP contribution in [0.3, 0.4) is 0 Å². The van der Waals surface area contributed by atoms with Crippen LogP contribution in [0.1, 0.15) is 51.4 Å². The number of rotatable bonds is 4. The Morgan fingerprint density at radius 3 is 2.33 bits per heavy atom. The highest BCUT2D eigenvalue weighted by Gasteiger charge is 2.35. The molecule has 0 aliphatic rings. The number of carbonyl (C=O) groups is 1. The van der Waals surface area contributed by atoms with Gasteiger partial charge in [-0.05, 0) is 19.3 Å². The third kappa shape index (κ3) is 2.90. The minimum Gasteiger partial charge on any atom is -0.481 e. The molecular weight excluding hydrogens is 250 g/mol. The van der Waals surface area contributed by atoms with Crippen LogP contribution >= 0.6 is 11.3 Å². The van der Waals surface area contributed by atoms with E-state index in [1.54, 1.807) is 26.3 Å². The summed E-state index contributed by atoms with van der Waals surface area (Å²) in [5.41, 5.74) is -0.455. The topological polar surface area (TPSA) is 59.4 Å². The van der Waals surface area contributed by atoms with Gasteiger partial charge in [0.1, 0.15) is 16.5 Å². The molecule has 1 heterocycles. The van der Waals surface area contributed by atoms with E-state index in [4.69, 9.17) is 4.74 Å². The van der Waals surface area contributed by atoms with Crippen molar-refractivity contribution in [3.63, 3.8) is 0 Å². The maximum absolute atomic E-state index is 11.2. The van der Waals surface area contributed by atoms with Crippen LogP contribution in [0.2, 0.25) is 0 Å². The number of aliphatic carboxylic acids is 1. The van der Waals surface area contributed by atoms with E-state index >= 15 is 0 Å². The largest absolute Gasteiger partial charge is 0.481 e. The van der Waals surface area contributed by atoms with Gasteiger partial charge in [0, 0.05) is 12.5 Å². The van der Waals surface area contributed by atoms with Gasteiger partial charge in [-0.25, -0.2) is 4.98 Å². The predicted octanol–water partition coefficient (Wildman–Crippen LogP) is 3.24. The first-order valence-electron chi connectivity index (χ1n) is 5.82. The third-order valence-corrected chi connectivity index (χ3v) is 3.83. The van der Waals surface area contributed by atoms with E-state index in [1.807, 2.05) is 0 Å². The lowest BCUT2D eigenvalue weighted by Gasteiger charge is -2.27. The second-order valence-corrected chi connectivity index (χ2v) is 6.87. The molecule has 1 aromatic heterocycles. The molecule has 4 nitrogen and oxygen atoms in total. The number of thiazole rings is 1. The van der Waals surface area contributed by atoms with Crippen molar-refractivity contribution in [2.45, 2.75) is 46.1 Å². The summed E-state index contributed by atoms with van der Waals surface area (Å²) < 4.78 is 5.49. The van der Waals surface area contributed by atoms with Crippen molar-refractivity contribution in [3.05, 3.63) is 16.1 Å². The highest BCUT2D eigenvalue weighted by Crippen LogP contribution is 2.38. The number of methoxy groups -OCH3 is 1. The third-order valence-electron chi connectivity index (χ3n) is 2.94. The van der Waals surface area contributed by atoms with Crippen molar-refractivity contribution >= 4 is 17.3 Å². The minimum absolute atomic E-state index is 0.0722. The molecule has 102 valence electrons. The number of hydrogen-bond donors (Lipinski definition) is 1. The molecule has 0 bridgehead atoms. The number of ether oxygens (including phenoxy) is 1. The van der Waals surface area contributed by atoms with E-state index in [2.05, 4.69) is 25.8 Å². The first-order chi connectivity index (χ1) is 8.10. The van der Waals surface area contributed by atoms with Crippen LogP contribution in [-0.2, 0) is 14.9 Å². The summed E-state index contributed by atoms with van der Waals surface area (Å²) in [4.78, 5) is 15.7. The van der Waals surface area contributed by atoms with Crippen molar-refractivity contribution in [3.8, 4) is 0 Å². The van der Waals surface area contributed by atoms with Crippen molar-refractivity contribution in [1.82, 2.24) is 4.98 Å². The standard InChI is InChI=1S/C13H21NO3S/c1-12(2,3)9(17-6)10-14-8(7-18-10)13(4,5)11(15)16/h7,9H,1-6H3,(H,15,16). The average molecular weight is 271 g/mol. The number of aromatic nitrogens is 1. The van der Waals surface area contributed by atoms with E-state index in [1.165, 1.54) is 11.3 Å². The van der Waals surface area contributed by atoms with E-state index in [0.717, 1.165) is 5.01 Å². The van der Waals surface area contributed by atoms with Crippen LogP contribution in [0.4, 0.5) is 0 Å². The first-order valence-corrected chi connectivity index (χ1v) is 6.70. The van der Waals surface area contributed by atoms with Gasteiger partial charge >= 0.3 is 5.97 Å². The molecule has 0 spiro atoms. The molecule has 0 amide bonds. The lowest BCUT2D eigenvalue weighted by molar-refractivity contribution is -0.142. The number of nitrogens with zero attached hydrogens (tertiary/aromatic N) is 1. The molecule has 1 N–H and O–H groups in total. The number of carboxylic acids is 1. The zero-order valence-electron chi connectivity index (χ0n) is 11.8. The average Bonchev–Trinajstić information content (AvgIpc) is 2.65. The second-order valence-electron chi connectivity index (χ2n) is 5.98. The Balaban J connectivity index is 3.10. The van der Waals surface area contributed by atoms with Crippen molar-refractivity contribution < 1.29 is 14.6 Å². The van der Waals surface area contributed by atoms with Gasteiger partial charge in [-0.1, -0.05) is 20.8 Å². The maximum Gasteiger partial charge on any atom is 0.315 e. The van der Waals surface area contributed by atoms with Gasteiger partial charge in [-0.15, -0.1) is 11.3 Å². The lowest BCUT2D eigenvalue weighted by atomic mass is 9.88. The molecule has 0 aliphatic heterocycles. The quantitative estimate of drug-likeness (QED) is 0.913. The molecule has 1 rings (SSSR count). The van der Waals surface area contributed by atoms with Gasteiger partial charge in [0.15, 0.2) is 0 Å². The Bertz CT molecular complexity index is 432.